The van der Waals surface area contributed by atoms with E-state index in [-0.39, 0.29) is 24.3 Å². The van der Waals surface area contributed by atoms with E-state index in [9.17, 15) is 9.59 Å². The molecule has 0 saturated heterocycles. The van der Waals surface area contributed by atoms with Crippen LogP contribution in [0.5, 0.6) is 0 Å². The van der Waals surface area contributed by atoms with E-state index in [0.717, 1.165) is 5.56 Å². The van der Waals surface area contributed by atoms with Crippen LogP contribution in [0.3, 0.4) is 0 Å². The van der Waals surface area contributed by atoms with Crippen LogP contribution in [0.4, 0.5) is 0 Å². The van der Waals surface area contributed by atoms with Crippen molar-refractivity contribution in [1.82, 2.24) is 5.32 Å². The molecule has 0 bridgehead atoms. The predicted molar refractivity (Wildman–Crippen MR) is 93.5 cm³/mol. The number of allylic oxidation sites excluding steroid dienone is 1. The second kappa shape index (κ2) is 9.98. The van der Waals surface area contributed by atoms with Crippen LogP contribution in [-0.4, -0.2) is 25.7 Å². The van der Waals surface area contributed by atoms with Gasteiger partial charge in [0.2, 0.25) is 0 Å². The molecule has 1 aromatic carbocycles. The zero-order chi connectivity index (χ0) is 18.1. The lowest BCUT2D eigenvalue weighted by Gasteiger charge is -2.23. The predicted octanol–water partition coefficient (Wildman–Crippen LogP) is 3.64. The Morgan fingerprint density at radius 2 is 1.88 bits per heavy atom. The van der Waals surface area contributed by atoms with Crippen molar-refractivity contribution in [3.05, 3.63) is 46.6 Å². The number of hydrogen-bond acceptors (Lipinski definition) is 5. The minimum Gasteiger partial charge on any atom is -0.466 e. The number of hydrogen-bond donors (Lipinski definition) is 1. The first-order valence-electron chi connectivity index (χ1n) is 7.84. The summed E-state index contributed by atoms with van der Waals surface area (Å²) in [5.41, 5.74) is 1.56. The molecule has 0 spiro atoms. The molecule has 0 heterocycles. The average Bonchev–Trinajstić information content (AvgIpc) is 2.54. The Bertz CT molecular complexity index is 581. The van der Waals surface area contributed by atoms with Crippen LogP contribution in [0.2, 0.25) is 5.02 Å². The van der Waals surface area contributed by atoms with Crippen molar-refractivity contribution in [3.63, 3.8) is 0 Å². The SMILES string of the molecule is CCOC(=O)CC(NC(=CC(=O)OC)C(C)C)c1ccc(Cl)cc1. The number of methoxy groups -OCH3 is 1. The van der Waals surface area contributed by atoms with Crippen LogP contribution in [0.1, 0.15) is 38.8 Å². The molecular weight excluding hydrogens is 330 g/mol. The summed E-state index contributed by atoms with van der Waals surface area (Å²) in [5.74, 6) is -0.704. The lowest BCUT2D eigenvalue weighted by molar-refractivity contribution is -0.143. The highest BCUT2D eigenvalue weighted by molar-refractivity contribution is 6.30. The Morgan fingerprint density at radius 3 is 2.38 bits per heavy atom. The Kier molecular flexibility index (Phi) is 8.33. The van der Waals surface area contributed by atoms with Gasteiger partial charge in [-0.25, -0.2) is 4.79 Å². The first kappa shape index (κ1) is 20.0. The molecule has 132 valence electrons. The van der Waals surface area contributed by atoms with Crippen LogP contribution in [0, 0.1) is 5.92 Å². The fraction of sp³-hybridized carbons (Fsp3) is 0.444. The first-order chi connectivity index (χ1) is 11.4. The van der Waals surface area contributed by atoms with E-state index in [1.807, 2.05) is 26.0 Å². The van der Waals surface area contributed by atoms with Crippen molar-refractivity contribution >= 4 is 23.5 Å². The Balaban J connectivity index is 3.06. The first-order valence-corrected chi connectivity index (χ1v) is 8.22. The second-order valence-electron chi connectivity index (χ2n) is 5.54. The van der Waals surface area contributed by atoms with Gasteiger partial charge in [0.15, 0.2) is 0 Å². The summed E-state index contributed by atoms with van der Waals surface area (Å²) >= 11 is 5.93. The Labute approximate surface area is 148 Å². The number of nitrogens with one attached hydrogen (secondary N) is 1. The fourth-order valence-corrected chi connectivity index (χ4v) is 2.22. The van der Waals surface area contributed by atoms with E-state index < -0.39 is 5.97 Å². The van der Waals surface area contributed by atoms with E-state index in [2.05, 4.69) is 10.1 Å². The maximum atomic E-state index is 11.9. The molecule has 0 aliphatic heterocycles. The molecule has 0 aromatic heterocycles. The van der Waals surface area contributed by atoms with Gasteiger partial charge in [0.1, 0.15) is 0 Å². The zero-order valence-corrected chi connectivity index (χ0v) is 15.2. The second-order valence-corrected chi connectivity index (χ2v) is 5.97. The molecule has 0 fully saturated rings. The lowest BCUT2D eigenvalue weighted by Crippen LogP contribution is -2.27. The molecule has 5 nitrogen and oxygen atoms in total. The van der Waals surface area contributed by atoms with E-state index in [4.69, 9.17) is 16.3 Å². The molecule has 0 radical (unpaired) electrons. The van der Waals surface area contributed by atoms with Crippen molar-refractivity contribution in [1.29, 1.82) is 0 Å². The molecule has 0 aliphatic carbocycles. The summed E-state index contributed by atoms with van der Waals surface area (Å²) in [7, 11) is 1.33. The molecule has 0 saturated carbocycles. The van der Waals surface area contributed by atoms with Gasteiger partial charge < -0.3 is 14.8 Å². The van der Waals surface area contributed by atoms with Crippen molar-refractivity contribution in [2.75, 3.05) is 13.7 Å². The minimum absolute atomic E-state index is 0.0566. The molecule has 1 rings (SSSR count). The van der Waals surface area contributed by atoms with Gasteiger partial charge in [-0.2, -0.15) is 0 Å². The van der Waals surface area contributed by atoms with Gasteiger partial charge in [-0.15, -0.1) is 0 Å². The highest BCUT2D eigenvalue weighted by atomic mass is 35.5. The largest absolute Gasteiger partial charge is 0.466 e. The molecule has 0 amide bonds. The maximum Gasteiger partial charge on any atom is 0.332 e. The van der Waals surface area contributed by atoms with Gasteiger partial charge in [-0.05, 0) is 30.5 Å². The number of carbonyl (C=O) groups is 2. The summed E-state index contributed by atoms with van der Waals surface area (Å²) in [6.45, 7) is 5.98. The molecule has 24 heavy (non-hydrogen) atoms. The van der Waals surface area contributed by atoms with E-state index in [1.54, 1.807) is 19.1 Å². The van der Waals surface area contributed by atoms with Gasteiger partial charge in [0, 0.05) is 16.8 Å². The highest BCUT2D eigenvalue weighted by Gasteiger charge is 2.19. The third-order valence-electron chi connectivity index (χ3n) is 3.39. The van der Waals surface area contributed by atoms with Crippen molar-refractivity contribution in [2.45, 2.75) is 33.2 Å². The summed E-state index contributed by atoms with van der Waals surface area (Å²) < 4.78 is 9.73. The normalized spacial score (nSPS) is 12.7. The van der Waals surface area contributed by atoms with Crippen LogP contribution >= 0.6 is 11.6 Å². The van der Waals surface area contributed by atoms with E-state index in [1.165, 1.54) is 13.2 Å². The monoisotopic (exact) mass is 353 g/mol. The Morgan fingerprint density at radius 1 is 1.25 bits per heavy atom. The molecule has 1 aromatic rings. The summed E-state index contributed by atoms with van der Waals surface area (Å²) in [5, 5.41) is 3.87. The van der Waals surface area contributed by atoms with E-state index >= 15 is 0 Å². The molecule has 0 aliphatic rings. The standard InChI is InChI=1S/C18H24ClNO4/c1-5-24-18(22)11-16(13-6-8-14(19)9-7-13)20-15(12(2)3)10-17(21)23-4/h6-10,12,16,20H,5,11H2,1-4H3. The Hall–Kier alpha value is -2.01. The molecular formula is C18H24ClNO4. The summed E-state index contributed by atoms with van der Waals surface area (Å²) in [6, 6.07) is 6.87. The number of benzene rings is 1. The number of halogens is 1. The van der Waals surface area contributed by atoms with Gasteiger partial charge in [-0.3, -0.25) is 4.79 Å². The topological polar surface area (TPSA) is 64.6 Å². The molecule has 1 atom stereocenters. The van der Waals surface area contributed by atoms with Crippen LogP contribution in [-0.2, 0) is 19.1 Å². The summed E-state index contributed by atoms with van der Waals surface area (Å²) in [6.07, 6.45) is 1.54. The molecule has 6 heteroatoms. The number of ether oxygens (including phenoxy) is 2. The lowest BCUT2D eigenvalue weighted by atomic mass is 10.0. The van der Waals surface area contributed by atoms with Crippen molar-refractivity contribution in [3.8, 4) is 0 Å². The quantitative estimate of drug-likeness (QED) is 0.571. The molecule has 1 unspecified atom stereocenters. The number of rotatable bonds is 8. The van der Waals surface area contributed by atoms with Gasteiger partial charge >= 0.3 is 11.9 Å². The van der Waals surface area contributed by atoms with Crippen LogP contribution in [0.15, 0.2) is 36.0 Å². The maximum absolute atomic E-state index is 11.9. The highest BCUT2D eigenvalue weighted by Crippen LogP contribution is 2.23. The van der Waals surface area contributed by atoms with Crippen molar-refractivity contribution < 1.29 is 19.1 Å². The van der Waals surface area contributed by atoms with Crippen LogP contribution < -0.4 is 5.32 Å². The van der Waals surface area contributed by atoms with E-state index in [0.29, 0.717) is 17.3 Å². The van der Waals surface area contributed by atoms with Crippen LogP contribution in [0.25, 0.3) is 0 Å². The number of esters is 2. The fourth-order valence-electron chi connectivity index (χ4n) is 2.10. The van der Waals surface area contributed by atoms with Gasteiger partial charge in [0.25, 0.3) is 0 Å². The van der Waals surface area contributed by atoms with Gasteiger partial charge in [0.05, 0.1) is 26.2 Å². The van der Waals surface area contributed by atoms with Gasteiger partial charge in [-0.1, -0.05) is 37.6 Å². The summed E-state index contributed by atoms with van der Waals surface area (Å²) in [4.78, 5) is 23.5. The minimum atomic E-state index is -0.447. The zero-order valence-electron chi connectivity index (χ0n) is 14.5. The van der Waals surface area contributed by atoms with Crippen molar-refractivity contribution in [2.24, 2.45) is 5.92 Å². The third-order valence-corrected chi connectivity index (χ3v) is 3.64. The smallest absolute Gasteiger partial charge is 0.332 e. The molecule has 1 N–H and O–H groups in total. The number of carbonyl (C=O) groups excluding carboxylic acids is 2. The average molecular weight is 354 g/mol. The third kappa shape index (κ3) is 6.62.